The topological polar surface area (TPSA) is 156 Å². The number of aromatic hydroxyl groups is 1. The number of rotatable bonds is 9. The van der Waals surface area contributed by atoms with E-state index in [-0.39, 0.29) is 28.5 Å². The van der Waals surface area contributed by atoms with Gasteiger partial charge in [0.15, 0.2) is 5.75 Å². The molecular formula is C28H25N5O6. The Balaban J connectivity index is 1.75. The molecule has 2 amide bonds. The summed E-state index contributed by atoms with van der Waals surface area (Å²) in [6.45, 7) is 4.43. The molecular weight excluding hydrogens is 502 g/mol. The van der Waals surface area contributed by atoms with E-state index in [2.05, 4.69) is 20.9 Å². The Hall–Kier alpha value is -5.32. The lowest BCUT2D eigenvalue weighted by Gasteiger charge is -2.12. The summed E-state index contributed by atoms with van der Waals surface area (Å²) in [4.78, 5) is 35.8. The standard InChI is InChI=1S/C28H25N5O6/c1-3-29-27(35)18-9-14-24(39-4-2)23(16-18)31-32-25-21-8-6-5-7-17(21)15-22(26(25)34)28(36)30-19-10-12-20(13-11-19)33(37)38/h5-16,34H,3-4H2,1-2H3,(H,29,35)(H,30,36)/b32-31+. The SMILES string of the molecule is CCNC(=O)c1ccc(OCC)c(/N=N/c2c(O)c(C(=O)Nc3ccc([N+](=O)[O-])cc3)cc3ccccc23)c1. The number of phenolic OH excluding ortho intramolecular Hbond substituents is 1. The number of fused-ring (bicyclic) bond motifs is 1. The molecule has 0 aliphatic carbocycles. The number of amides is 2. The number of phenols is 1. The van der Waals surface area contributed by atoms with Crippen molar-refractivity contribution in [2.45, 2.75) is 13.8 Å². The number of carbonyl (C=O) groups excluding carboxylic acids is 2. The number of carbonyl (C=O) groups is 2. The molecule has 11 heteroatoms. The molecule has 0 aromatic heterocycles. The second-order valence-electron chi connectivity index (χ2n) is 8.28. The highest BCUT2D eigenvalue weighted by molar-refractivity contribution is 6.11. The molecule has 0 aliphatic heterocycles. The van der Waals surface area contributed by atoms with Gasteiger partial charge in [-0.3, -0.25) is 19.7 Å². The largest absolute Gasteiger partial charge is 0.505 e. The summed E-state index contributed by atoms with van der Waals surface area (Å²) in [5, 5.41) is 37.1. The van der Waals surface area contributed by atoms with Crippen LogP contribution in [0.5, 0.6) is 11.5 Å². The maximum Gasteiger partial charge on any atom is 0.269 e. The van der Waals surface area contributed by atoms with Crippen LogP contribution in [0.3, 0.4) is 0 Å². The third-order valence-electron chi connectivity index (χ3n) is 5.69. The van der Waals surface area contributed by atoms with Crippen LogP contribution in [-0.4, -0.2) is 35.0 Å². The van der Waals surface area contributed by atoms with E-state index >= 15 is 0 Å². The van der Waals surface area contributed by atoms with Crippen LogP contribution < -0.4 is 15.4 Å². The van der Waals surface area contributed by atoms with Gasteiger partial charge in [0, 0.05) is 35.3 Å². The molecule has 4 aromatic rings. The lowest BCUT2D eigenvalue weighted by Crippen LogP contribution is -2.22. The van der Waals surface area contributed by atoms with Gasteiger partial charge in [-0.2, -0.15) is 0 Å². The third-order valence-corrected chi connectivity index (χ3v) is 5.69. The quantitative estimate of drug-likeness (QED) is 0.132. The minimum Gasteiger partial charge on any atom is -0.505 e. The average Bonchev–Trinajstić information content (AvgIpc) is 2.93. The van der Waals surface area contributed by atoms with Crippen LogP contribution >= 0.6 is 0 Å². The number of hydrogen-bond donors (Lipinski definition) is 3. The van der Waals surface area contributed by atoms with E-state index < -0.39 is 16.6 Å². The summed E-state index contributed by atoms with van der Waals surface area (Å²) in [7, 11) is 0. The second kappa shape index (κ2) is 11.8. The summed E-state index contributed by atoms with van der Waals surface area (Å²) in [6.07, 6.45) is 0. The van der Waals surface area contributed by atoms with Crippen molar-refractivity contribution in [3.05, 3.63) is 94.0 Å². The lowest BCUT2D eigenvalue weighted by atomic mass is 10.0. The van der Waals surface area contributed by atoms with Crippen molar-refractivity contribution in [2.75, 3.05) is 18.5 Å². The van der Waals surface area contributed by atoms with Gasteiger partial charge in [0.2, 0.25) is 0 Å². The predicted molar refractivity (Wildman–Crippen MR) is 146 cm³/mol. The Morgan fingerprint density at radius 2 is 1.72 bits per heavy atom. The molecule has 0 aliphatic rings. The van der Waals surface area contributed by atoms with E-state index in [0.717, 1.165) is 0 Å². The van der Waals surface area contributed by atoms with Crippen molar-refractivity contribution < 1.29 is 24.4 Å². The molecule has 0 heterocycles. The van der Waals surface area contributed by atoms with Crippen LogP contribution in [0.1, 0.15) is 34.6 Å². The number of azo groups is 1. The first-order chi connectivity index (χ1) is 18.8. The monoisotopic (exact) mass is 527 g/mol. The summed E-state index contributed by atoms with van der Waals surface area (Å²) < 4.78 is 5.64. The number of nitrogens with one attached hydrogen (secondary N) is 2. The van der Waals surface area contributed by atoms with E-state index in [1.54, 1.807) is 36.4 Å². The van der Waals surface area contributed by atoms with Crippen molar-refractivity contribution in [1.82, 2.24) is 5.32 Å². The highest BCUT2D eigenvalue weighted by atomic mass is 16.6. The molecule has 0 spiro atoms. The summed E-state index contributed by atoms with van der Waals surface area (Å²) in [5.74, 6) is -0.938. The zero-order chi connectivity index (χ0) is 27.9. The van der Waals surface area contributed by atoms with Crippen molar-refractivity contribution in [1.29, 1.82) is 0 Å². The van der Waals surface area contributed by atoms with E-state index in [0.29, 0.717) is 40.9 Å². The van der Waals surface area contributed by atoms with E-state index in [1.165, 1.54) is 36.4 Å². The molecule has 4 rings (SSSR count). The molecule has 0 fully saturated rings. The number of benzene rings is 4. The Labute approximate surface area is 223 Å². The summed E-state index contributed by atoms with van der Waals surface area (Å²) in [5.41, 5.74) is 0.802. The van der Waals surface area contributed by atoms with Crippen LogP contribution in [0.2, 0.25) is 0 Å². The summed E-state index contributed by atoms with van der Waals surface area (Å²) >= 11 is 0. The number of anilines is 1. The molecule has 0 saturated carbocycles. The number of ether oxygens (including phenoxy) is 1. The predicted octanol–water partition coefficient (Wildman–Crippen LogP) is 6.27. The zero-order valence-electron chi connectivity index (χ0n) is 21.2. The third kappa shape index (κ3) is 5.99. The van der Waals surface area contributed by atoms with Crippen LogP contribution in [0.4, 0.5) is 22.7 Å². The van der Waals surface area contributed by atoms with Gasteiger partial charge < -0.3 is 20.5 Å². The number of nitro groups is 1. The molecule has 4 aromatic carbocycles. The number of hydrogen-bond acceptors (Lipinski definition) is 8. The van der Waals surface area contributed by atoms with Crippen molar-refractivity contribution in [3.63, 3.8) is 0 Å². The van der Waals surface area contributed by atoms with Gasteiger partial charge in [0.25, 0.3) is 17.5 Å². The smallest absolute Gasteiger partial charge is 0.269 e. The highest BCUT2D eigenvalue weighted by Crippen LogP contribution is 2.40. The Kier molecular flexibility index (Phi) is 8.10. The van der Waals surface area contributed by atoms with Crippen molar-refractivity contribution >= 4 is 45.3 Å². The molecule has 3 N–H and O–H groups in total. The average molecular weight is 528 g/mol. The fourth-order valence-electron chi connectivity index (χ4n) is 3.84. The van der Waals surface area contributed by atoms with E-state index in [1.807, 2.05) is 13.8 Å². The van der Waals surface area contributed by atoms with Gasteiger partial charge in [-0.1, -0.05) is 24.3 Å². The van der Waals surface area contributed by atoms with Crippen LogP contribution in [0.25, 0.3) is 10.8 Å². The lowest BCUT2D eigenvalue weighted by molar-refractivity contribution is -0.384. The first-order valence-electron chi connectivity index (χ1n) is 12.1. The molecule has 0 radical (unpaired) electrons. The van der Waals surface area contributed by atoms with Crippen LogP contribution in [0, 0.1) is 10.1 Å². The van der Waals surface area contributed by atoms with Crippen LogP contribution in [0.15, 0.2) is 83.0 Å². The normalized spacial score (nSPS) is 10.9. The van der Waals surface area contributed by atoms with Gasteiger partial charge in [-0.05, 0) is 55.6 Å². The van der Waals surface area contributed by atoms with E-state index in [9.17, 15) is 24.8 Å². The fourth-order valence-corrected chi connectivity index (χ4v) is 3.84. The highest BCUT2D eigenvalue weighted by Gasteiger charge is 2.19. The fraction of sp³-hybridized carbons (Fsp3) is 0.143. The molecule has 0 saturated heterocycles. The van der Waals surface area contributed by atoms with Gasteiger partial charge in [0.05, 0.1) is 17.1 Å². The minimum atomic E-state index is -0.642. The maximum absolute atomic E-state index is 13.1. The Bertz CT molecular complexity index is 1580. The molecule has 0 atom stereocenters. The maximum atomic E-state index is 13.1. The Morgan fingerprint density at radius 3 is 2.41 bits per heavy atom. The van der Waals surface area contributed by atoms with Crippen molar-refractivity contribution in [2.24, 2.45) is 10.2 Å². The Morgan fingerprint density at radius 1 is 0.974 bits per heavy atom. The van der Waals surface area contributed by atoms with Crippen molar-refractivity contribution in [3.8, 4) is 11.5 Å². The molecule has 39 heavy (non-hydrogen) atoms. The first-order valence-corrected chi connectivity index (χ1v) is 12.1. The zero-order valence-corrected chi connectivity index (χ0v) is 21.2. The summed E-state index contributed by atoms with van der Waals surface area (Å²) in [6, 6.07) is 18.6. The molecule has 0 bridgehead atoms. The second-order valence-corrected chi connectivity index (χ2v) is 8.28. The van der Waals surface area contributed by atoms with Gasteiger partial charge >= 0.3 is 0 Å². The number of nitrogens with zero attached hydrogens (tertiary/aromatic N) is 3. The molecule has 0 unspecified atom stereocenters. The molecule has 198 valence electrons. The van der Waals surface area contributed by atoms with Gasteiger partial charge in [-0.15, -0.1) is 10.2 Å². The van der Waals surface area contributed by atoms with Gasteiger partial charge in [-0.25, -0.2) is 0 Å². The number of nitro benzene ring substituents is 1. The van der Waals surface area contributed by atoms with E-state index in [4.69, 9.17) is 4.74 Å². The van der Waals surface area contributed by atoms with Gasteiger partial charge in [0.1, 0.15) is 17.1 Å². The first kappa shape index (κ1) is 26.7. The van der Waals surface area contributed by atoms with Crippen LogP contribution in [-0.2, 0) is 0 Å². The minimum absolute atomic E-state index is 0.0489. The number of non-ortho nitro benzene ring substituents is 1. The molecule has 11 nitrogen and oxygen atoms in total.